The molecule has 0 fully saturated rings. The maximum atomic E-state index is 11.1. The van der Waals surface area contributed by atoms with Crippen molar-refractivity contribution >= 4 is 15.6 Å². The fourth-order valence-electron chi connectivity index (χ4n) is 1.02. The Balaban J connectivity index is 2.97. The van der Waals surface area contributed by atoms with Gasteiger partial charge in [-0.1, -0.05) is 30.3 Å². The number of phosphoric acid groups is 2. The van der Waals surface area contributed by atoms with Crippen molar-refractivity contribution in [2.24, 2.45) is 5.90 Å². The topological polar surface area (TPSA) is 149 Å². The van der Waals surface area contributed by atoms with Gasteiger partial charge in [-0.05, 0) is 0 Å². The second-order valence-corrected chi connectivity index (χ2v) is 5.57. The lowest BCUT2D eigenvalue weighted by molar-refractivity contribution is -0.0414. The zero-order chi connectivity index (χ0) is 13.8. The summed E-state index contributed by atoms with van der Waals surface area (Å²) in [6.07, 6.45) is -1.80. The molecule has 0 saturated carbocycles. The van der Waals surface area contributed by atoms with Gasteiger partial charge in [-0.2, -0.15) is 0 Å². The molecule has 5 N–H and O–H groups in total. The lowest BCUT2D eigenvalue weighted by Crippen LogP contribution is -2.09. The van der Waals surface area contributed by atoms with Crippen LogP contribution in [0.25, 0.3) is 0 Å². The number of nitrogens with two attached hydrogens (primary N) is 1. The standard InChI is InChI=1S/C7H11NO8P2/c8-16-18(12,13)15-7(14-17(9,10)11)6-4-2-1-3-5-6/h1-5,7H,8H2,(H,12,13)(H2,9,10,11). The molecule has 0 aliphatic carbocycles. The van der Waals surface area contributed by atoms with Gasteiger partial charge >= 0.3 is 15.6 Å². The van der Waals surface area contributed by atoms with Gasteiger partial charge in [-0.25, -0.2) is 19.7 Å². The Morgan fingerprint density at radius 3 is 2.06 bits per heavy atom. The van der Waals surface area contributed by atoms with E-state index in [0.29, 0.717) is 0 Å². The zero-order valence-electron chi connectivity index (χ0n) is 8.82. The number of rotatable bonds is 6. The van der Waals surface area contributed by atoms with E-state index >= 15 is 0 Å². The fourth-order valence-corrected chi connectivity index (χ4v) is 1.96. The summed E-state index contributed by atoms with van der Waals surface area (Å²) in [6, 6.07) is 7.39. The van der Waals surface area contributed by atoms with E-state index in [2.05, 4.69) is 19.6 Å². The lowest BCUT2D eigenvalue weighted by atomic mass is 10.2. The summed E-state index contributed by atoms with van der Waals surface area (Å²) in [7, 11) is -9.61. The zero-order valence-corrected chi connectivity index (χ0v) is 10.6. The third kappa shape index (κ3) is 5.36. The Hall–Kier alpha value is -0.600. The molecule has 0 spiro atoms. The first-order chi connectivity index (χ1) is 8.23. The van der Waals surface area contributed by atoms with Crippen LogP contribution in [0.1, 0.15) is 11.9 Å². The van der Waals surface area contributed by atoms with Crippen LogP contribution in [-0.2, 0) is 22.8 Å². The van der Waals surface area contributed by atoms with Crippen molar-refractivity contribution in [1.29, 1.82) is 0 Å². The second kappa shape index (κ2) is 6.03. The van der Waals surface area contributed by atoms with Crippen LogP contribution < -0.4 is 5.90 Å². The molecular weight excluding hydrogens is 288 g/mol. The van der Waals surface area contributed by atoms with E-state index in [0.717, 1.165) is 0 Å². The second-order valence-electron chi connectivity index (χ2n) is 3.02. The van der Waals surface area contributed by atoms with E-state index in [1.165, 1.54) is 24.3 Å². The first-order valence-corrected chi connectivity index (χ1v) is 7.45. The summed E-state index contributed by atoms with van der Waals surface area (Å²) >= 11 is 0. The average Bonchev–Trinajstić information content (AvgIpc) is 2.27. The predicted molar refractivity (Wildman–Crippen MR) is 58.5 cm³/mol. The molecule has 0 amide bonds. The fraction of sp³-hybridized carbons (Fsp3) is 0.143. The number of hydrogen-bond donors (Lipinski definition) is 4. The van der Waals surface area contributed by atoms with Crippen LogP contribution in [0.3, 0.4) is 0 Å². The number of hydrogen-bond acceptors (Lipinski definition) is 6. The first-order valence-electron chi connectivity index (χ1n) is 4.42. The van der Waals surface area contributed by atoms with Crippen molar-refractivity contribution in [3.8, 4) is 0 Å². The van der Waals surface area contributed by atoms with E-state index in [4.69, 9.17) is 14.7 Å². The summed E-state index contributed by atoms with van der Waals surface area (Å²) in [5.41, 5.74) is 0.104. The Bertz CT molecular complexity index is 474. The van der Waals surface area contributed by atoms with E-state index in [-0.39, 0.29) is 5.56 Å². The van der Waals surface area contributed by atoms with Crippen LogP contribution in [-0.4, -0.2) is 14.7 Å². The highest BCUT2D eigenvalue weighted by Gasteiger charge is 2.32. The molecule has 2 atom stereocenters. The van der Waals surface area contributed by atoms with Crippen molar-refractivity contribution in [2.45, 2.75) is 6.29 Å². The molecule has 11 heteroatoms. The van der Waals surface area contributed by atoms with Gasteiger partial charge in [-0.15, -0.1) is 0 Å². The van der Waals surface area contributed by atoms with Gasteiger partial charge < -0.3 is 14.7 Å². The van der Waals surface area contributed by atoms with Gasteiger partial charge in [0.1, 0.15) is 0 Å². The Kier molecular flexibility index (Phi) is 5.18. The normalized spacial score (nSPS) is 17.1. The minimum Gasteiger partial charge on any atom is -0.303 e. The van der Waals surface area contributed by atoms with Crippen LogP contribution in [0.4, 0.5) is 0 Å². The molecule has 2 unspecified atom stereocenters. The van der Waals surface area contributed by atoms with Crippen LogP contribution in [0.5, 0.6) is 0 Å². The van der Waals surface area contributed by atoms with Crippen LogP contribution in [0.2, 0.25) is 0 Å². The summed E-state index contributed by atoms with van der Waals surface area (Å²) < 4.78 is 34.1. The lowest BCUT2D eigenvalue weighted by Gasteiger charge is -2.20. The molecule has 0 aliphatic heterocycles. The monoisotopic (exact) mass is 299 g/mol. The highest BCUT2D eigenvalue weighted by Crippen LogP contribution is 2.51. The summed E-state index contributed by atoms with van der Waals surface area (Å²) in [6.45, 7) is 0. The molecule has 9 nitrogen and oxygen atoms in total. The van der Waals surface area contributed by atoms with Crippen LogP contribution in [0, 0.1) is 0 Å². The molecule has 1 aromatic rings. The van der Waals surface area contributed by atoms with Crippen LogP contribution in [0.15, 0.2) is 30.3 Å². The SMILES string of the molecule is NOP(=O)(O)OC(OP(=O)(O)O)c1ccccc1. The maximum absolute atomic E-state index is 11.1. The van der Waals surface area contributed by atoms with Gasteiger partial charge in [0.15, 0.2) is 0 Å². The van der Waals surface area contributed by atoms with Crippen molar-refractivity contribution in [3.05, 3.63) is 35.9 Å². The van der Waals surface area contributed by atoms with E-state index in [1.54, 1.807) is 6.07 Å². The molecule has 0 aliphatic rings. The minimum absolute atomic E-state index is 0.104. The molecule has 0 saturated heterocycles. The number of phosphoric ester groups is 2. The Morgan fingerprint density at radius 2 is 1.61 bits per heavy atom. The summed E-state index contributed by atoms with van der Waals surface area (Å²) in [5, 5.41) is 0. The van der Waals surface area contributed by atoms with Crippen molar-refractivity contribution in [3.63, 3.8) is 0 Å². The predicted octanol–water partition coefficient (Wildman–Crippen LogP) is 0.802. The minimum atomic E-state index is -4.94. The largest absolute Gasteiger partial charge is 0.491 e. The molecule has 102 valence electrons. The average molecular weight is 299 g/mol. The molecule has 0 radical (unpaired) electrons. The van der Waals surface area contributed by atoms with Gasteiger partial charge in [0.2, 0.25) is 6.29 Å². The van der Waals surface area contributed by atoms with Crippen molar-refractivity contribution in [2.75, 3.05) is 0 Å². The van der Waals surface area contributed by atoms with Crippen molar-refractivity contribution < 1.29 is 37.5 Å². The first kappa shape index (κ1) is 15.5. The van der Waals surface area contributed by atoms with Gasteiger partial charge in [0.25, 0.3) is 0 Å². The van der Waals surface area contributed by atoms with E-state index < -0.39 is 21.9 Å². The highest BCUT2D eigenvalue weighted by molar-refractivity contribution is 7.47. The van der Waals surface area contributed by atoms with Crippen molar-refractivity contribution in [1.82, 2.24) is 0 Å². The maximum Gasteiger partial charge on any atom is 0.491 e. The molecule has 1 aromatic carbocycles. The smallest absolute Gasteiger partial charge is 0.303 e. The third-order valence-corrected chi connectivity index (χ3v) is 2.86. The molecular formula is C7H11NO8P2. The Labute approximate surface area is 102 Å². The van der Waals surface area contributed by atoms with E-state index in [9.17, 15) is 9.13 Å². The molecule has 0 heterocycles. The summed E-state index contributed by atoms with van der Waals surface area (Å²) in [4.78, 5) is 26.4. The molecule has 0 bridgehead atoms. The molecule has 0 aromatic heterocycles. The highest BCUT2D eigenvalue weighted by atomic mass is 31.2. The van der Waals surface area contributed by atoms with Gasteiger partial charge in [0, 0.05) is 5.56 Å². The molecule has 18 heavy (non-hydrogen) atoms. The Morgan fingerprint density at radius 1 is 1.06 bits per heavy atom. The quantitative estimate of drug-likeness (QED) is 0.340. The van der Waals surface area contributed by atoms with Crippen LogP contribution >= 0.6 is 15.6 Å². The van der Waals surface area contributed by atoms with Gasteiger partial charge in [0.05, 0.1) is 0 Å². The van der Waals surface area contributed by atoms with Gasteiger partial charge in [-0.3, -0.25) is 9.05 Å². The summed E-state index contributed by atoms with van der Waals surface area (Å²) in [5.74, 6) is 4.51. The van der Waals surface area contributed by atoms with E-state index in [1.807, 2.05) is 0 Å². The number of benzene rings is 1. The molecule has 1 rings (SSSR count). The third-order valence-electron chi connectivity index (χ3n) is 1.67.